The molecular weight excluding hydrogens is 164 g/mol. The highest BCUT2D eigenvalue weighted by molar-refractivity contribution is 5.30. The van der Waals surface area contributed by atoms with E-state index in [9.17, 15) is 0 Å². The molecule has 66 valence electrons. The Morgan fingerprint density at radius 2 is 2.54 bits per heavy atom. The van der Waals surface area contributed by atoms with E-state index in [1.54, 1.807) is 12.3 Å². The summed E-state index contributed by atoms with van der Waals surface area (Å²) in [6.07, 6.45) is 2.70. The van der Waals surface area contributed by atoms with Crippen molar-refractivity contribution in [3.05, 3.63) is 29.6 Å². The Morgan fingerprint density at radius 1 is 1.62 bits per heavy atom. The van der Waals surface area contributed by atoms with E-state index < -0.39 is 0 Å². The summed E-state index contributed by atoms with van der Waals surface area (Å²) in [5.41, 5.74) is 1.66. The molecule has 3 nitrogen and oxygen atoms in total. The molecule has 0 aliphatic carbocycles. The van der Waals surface area contributed by atoms with Crippen LogP contribution in [-0.4, -0.2) is 18.2 Å². The molecule has 1 aromatic heterocycles. The molecule has 0 aromatic carbocycles. The predicted molar refractivity (Wildman–Crippen MR) is 47.1 cm³/mol. The number of hydrogen-bond donors (Lipinski definition) is 0. The number of hydrogen-bond acceptors (Lipinski definition) is 3. The lowest BCUT2D eigenvalue weighted by molar-refractivity contribution is 0.193. The molecule has 2 rings (SSSR count). The maximum atomic E-state index is 8.70. The molecule has 0 N–H and O–H groups in total. The monoisotopic (exact) mass is 174 g/mol. The van der Waals surface area contributed by atoms with Gasteiger partial charge in [0.2, 0.25) is 0 Å². The lowest BCUT2D eigenvalue weighted by Crippen LogP contribution is -2.00. The molecule has 1 atom stereocenters. The summed E-state index contributed by atoms with van der Waals surface area (Å²) in [6.45, 7) is 1.55. The maximum absolute atomic E-state index is 8.70. The zero-order valence-electron chi connectivity index (χ0n) is 7.23. The largest absolute Gasteiger partial charge is 0.381 e. The van der Waals surface area contributed by atoms with Gasteiger partial charge in [-0.3, -0.25) is 4.98 Å². The third-order valence-corrected chi connectivity index (χ3v) is 2.26. The molecule has 0 spiro atoms. The standard InChI is InChI=1S/C10H10N2O/c11-6-8-1-3-12-10(5-8)9-2-4-13-7-9/h1,3,5,9H,2,4,7H2. The molecule has 1 fully saturated rings. The van der Waals surface area contributed by atoms with E-state index in [4.69, 9.17) is 10.00 Å². The second-order valence-corrected chi connectivity index (χ2v) is 3.14. The lowest BCUT2D eigenvalue weighted by Gasteiger charge is -2.05. The SMILES string of the molecule is N#Cc1ccnc(C2CCOC2)c1. The van der Waals surface area contributed by atoms with Gasteiger partial charge in [0.25, 0.3) is 0 Å². The first-order valence-electron chi connectivity index (χ1n) is 4.34. The average Bonchev–Trinajstić information content (AvgIpc) is 2.71. The third-order valence-electron chi connectivity index (χ3n) is 2.26. The second kappa shape index (κ2) is 3.55. The van der Waals surface area contributed by atoms with Crippen molar-refractivity contribution in [2.75, 3.05) is 13.2 Å². The molecule has 1 saturated heterocycles. The van der Waals surface area contributed by atoms with Gasteiger partial charge in [0.05, 0.1) is 18.2 Å². The molecule has 0 radical (unpaired) electrons. The van der Waals surface area contributed by atoms with Crippen LogP contribution in [0.5, 0.6) is 0 Å². The Kier molecular flexibility index (Phi) is 2.24. The molecule has 1 unspecified atom stereocenters. The van der Waals surface area contributed by atoms with E-state index in [1.807, 2.05) is 6.07 Å². The van der Waals surface area contributed by atoms with Crippen LogP contribution in [0.1, 0.15) is 23.6 Å². The van der Waals surface area contributed by atoms with Crippen LogP contribution in [0.2, 0.25) is 0 Å². The molecule has 1 aromatic rings. The van der Waals surface area contributed by atoms with Crippen molar-refractivity contribution < 1.29 is 4.74 Å². The van der Waals surface area contributed by atoms with Crippen molar-refractivity contribution in [3.63, 3.8) is 0 Å². The van der Waals surface area contributed by atoms with Gasteiger partial charge in [-0.2, -0.15) is 5.26 Å². The quantitative estimate of drug-likeness (QED) is 0.647. The van der Waals surface area contributed by atoms with E-state index in [0.29, 0.717) is 11.5 Å². The van der Waals surface area contributed by atoms with Gasteiger partial charge in [0, 0.05) is 24.4 Å². The number of ether oxygens (including phenoxy) is 1. The van der Waals surface area contributed by atoms with Crippen LogP contribution in [0, 0.1) is 11.3 Å². The van der Waals surface area contributed by atoms with Crippen molar-refractivity contribution in [1.82, 2.24) is 4.98 Å². The Morgan fingerprint density at radius 3 is 3.23 bits per heavy atom. The molecule has 0 saturated carbocycles. The van der Waals surface area contributed by atoms with Gasteiger partial charge < -0.3 is 4.74 Å². The minimum atomic E-state index is 0.383. The van der Waals surface area contributed by atoms with Crippen LogP contribution in [0.15, 0.2) is 18.3 Å². The van der Waals surface area contributed by atoms with Crippen molar-refractivity contribution in [1.29, 1.82) is 5.26 Å². The molecule has 1 aliphatic heterocycles. The van der Waals surface area contributed by atoms with Crippen molar-refractivity contribution in [2.24, 2.45) is 0 Å². The van der Waals surface area contributed by atoms with E-state index >= 15 is 0 Å². The Bertz CT molecular complexity index is 337. The molecular formula is C10H10N2O. The summed E-state index contributed by atoms with van der Waals surface area (Å²) in [7, 11) is 0. The topological polar surface area (TPSA) is 45.9 Å². The fourth-order valence-electron chi connectivity index (χ4n) is 1.51. The molecule has 3 heteroatoms. The third kappa shape index (κ3) is 1.68. The number of pyridine rings is 1. The van der Waals surface area contributed by atoms with Crippen LogP contribution < -0.4 is 0 Å². The minimum Gasteiger partial charge on any atom is -0.381 e. The van der Waals surface area contributed by atoms with Crippen molar-refractivity contribution >= 4 is 0 Å². The maximum Gasteiger partial charge on any atom is 0.0992 e. The summed E-state index contributed by atoms with van der Waals surface area (Å²) in [5.74, 6) is 0.383. The summed E-state index contributed by atoms with van der Waals surface area (Å²) < 4.78 is 5.26. The summed E-state index contributed by atoms with van der Waals surface area (Å²) in [4.78, 5) is 4.24. The van der Waals surface area contributed by atoms with Crippen molar-refractivity contribution in [3.8, 4) is 6.07 Å². The number of aromatic nitrogens is 1. The molecule has 0 bridgehead atoms. The minimum absolute atomic E-state index is 0.383. The molecule has 13 heavy (non-hydrogen) atoms. The Labute approximate surface area is 77.0 Å². The second-order valence-electron chi connectivity index (χ2n) is 3.14. The summed E-state index contributed by atoms with van der Waals surface area (Å²) in [5, 5.41) is 8.70. The van der Waals surface area contributed by atoms with Crippen LogP contribution in [0.25, 0.3) is 0 Å². The van der Waals surface area contributed by atoms with Crippen LogP contribution in [0.3, 0.4) is 0 Å². The Balaban J connectivity index is 2.25. The van der Waals surface area contributed by atoms with Gasteiger partial charge in [-0.25, -0.2) is 0 Å². The number of nitrogens with zero attached hydrogens (tertiary/aromatic N) is 2. The van der Waals surface area contributed by atoms with Gasteiger partial charge in [-0.05, 0) is 18.6 Å². The van der Waals surface area contributed by atoms with Gasteiger partial charge in [0.1, 0.15) is 0 Å². The highest BCUT2D eigenvalue weighted by Crippen LogP contribution is 2.23. The molecule has 1 aliphatic rings. The normalized spacial score (nSPS) is 21.3. The predicted octanol–water partition coefficient (Wildman–Crippen LogP) is 1.46. The fraction of sp³-hybridized carbons (Fsp3) is 0.400. The zero-order valence-corrected chi connectivity index (χ0v) is 7.23. The van der Waals surface area contributed by atoms with Crippen LogP contribution >= 0.6 is 0 Å². The van der Waals surface area contributed by atoms with E-state index in [1.165, 1.54) is 0 Å². The van der Waals surface area contributed by atoms with Crippen molar-refractivity contribution in [2.45, 2.75) is 12.3 Å². The van der Waals surface area contributed by atoms with Gasteiger partial charge in [0.15, 0.2) is 0 Å². The fourth-order valence-corrected chi connectivity index (χ4v) is 1.51. The summed E-state index contributed by atoms with van der Waals surface area (Å²) >= 11 is 0. The van der Waals surface area contributed by atoms with E-state index in [2.05, 4.69) is 11.1 Å². The Hall–Kier alpha value is -1.40. The van der Waals surface area contributed by atoms with E-state index in [-0.39, 0.29) is 0 Å². The van der Waals surface area contributed by atoms with Gasteiger partial charge >= 0.3 is 0 Å². The van der Waals surface area contributed by atoms with Gasteiger partial charge in [-0.15, -0.1) is 0 Å². The van der Waals surface area contributed by atoms with Gasteiger partial charge in [-0.1, -0.05) is 0 Å². The lowest BCUT2D eigenvalue weighted by atomic mass is 10.0. The molecule has 2 heterocycles. The molecule has 0 amide bonds. The first kappa shape index (κ1) is 8.21. The smallest absolute Gasteiger partial charge is 0.0992 e. The average molecular weight is 174 g/mol. The number of nitriles is 1. The number of rotatable bonds is 1. The highest BCUT2D eigenvalue weighted by atomic mass is 16.5. The van der Waals surface area contributed by atoms with E-state index in [0.717, 1.165) is 25.3 Å². The highest BCUT2D eigenvalue weighted by Gasteiger charge is 2.18. The van der Waals surface area contributed by atoms with Crippen LogP contribution in [0.4, 0.5) is 0 Å². The van der Waals surface area contributed by atoms with Crippen LogP contribution in [-0.2, 0) is 4.74 Å². The first-order valence-corrected chi connectivity index (χ1v) is 4.34. The summed E-state index contributed by atoms with van der Waals surface area (Å²) in [6, 6.07) is 5.68. The zero-order chi connectivity index (χ0) is 9.10. The first-order chi connectivity index (χ1) is 6.40.